The molecule has 0 heterocycles. The third-order valence-electron chi connectivity index (χ3n) is 7.89. The zero-order valence-corrected chi connectivity index (χ0v) is 17.8. The van der Waals surface area contributed by atoms with E-state index < -0.39 is 0 Å². The van der Waals surface area contributed by atoms with E-state index in [2.05, 4.69) is 69.5 Å². The second-order valence-corrected chi connectivity index (χ2v) is 9.74. The molecule has 148 valence electrons. The van der Waals surface area contributed by atoms with Crippen LogP contribution in [0.15, 0.2) is 83.6 Å². The summed E-state index contributed by atoms with van der Waals surface area (Å²) in [7, 11) is 0. The zero-order valence-electron chi connectivity index (χ0n) is 17.8. The lowest BCUT2D eigenvalue weighted by Gasteiger charge is -2.41. The van der Waals surface area contributed by atoms with Crippen LogP contribution in [0.3, 0.4) is 0 Å². The van der Waals surface area contributed by atoms with Gasteiger partial charge in [0.05, 0.1) is 0 Å². The molecule has 0 radical (unpaired) electrons. The minimum Gasteiger partial charge on any atom is -0.0993 e. The molecule has 4 atom stereocenters. The fourth-order valence-electron chi connectivity index (χ4n) is 6.06. The Balaban J connectivity index is 1.52. The number of hydrogen-bond acceptors (Lipinski definition) is 0. The Hall–Kier alpha value is -1.82. The van der Waals surface area contributed by atoms with E-state index in [1.54, 1.807) is 11.1 Å². The van der Waals surface area contributed by atoms with Gasteiger partial charge in [0.15, 0.2) is 0 Å². The van der Waals surface area contributed by atoms with Crippen molar-refractivity contribution in [1.29, 1.82) is 0 Å². The van der Waals surface area contributed by atoms with Gasteiger partial charge in [-0.25, -0.2) is 0 Å². The maximum Gasteiger partial charge on any atom is -0.00476 e. The first-order chi connectivity index (χ1) is 13.5. The van der Waals surface area contributed by atoms with Gasteiger partial charge in [0.2, 0.25) is 0 Å². The smallest absolute Gasteiger partial charge is 0.00476 e. The van der Waals surface area contributed by atoms with Gasteiger partial charge in [0.1, 0.15) is 0 Å². The topological polar surface area (TPSA) is 0 Å². The van der Waals surface area contributed by atoms with Crippen LogP contribution in [0.5, 0.6) is 0 Å². The standard InChI is InChI=1S/C28H36/c1-20-8-7-11-23(14-12-20)21(2)19-28(4)22(3)13-17-27(28)26-16-15-24-9-5-6-10-25(24)18-26/h5,7-9,11-12,14,20,26-27H,2-3,6,10,13,15-19H2,1,4H3. The molecule has 0 heteroatoms. The highest BCUT2D eigenvalue weighted by Crippen LogP contribution is 2.57. The van der Waals surface area contributed by atoms with Crippen LogP contribution in [0.4, 0.5) is 0 Å². The SMILES string of the molecule is C=C(CC1(C)C(=C)CCC1C1CCC2=C(CCC=C2)C1)C1=CC=CC(C)C=C1. The van der Waals surface area contributed by atoms with E-state index >= 15 is 0 Å². The van der Waals surface area contributed by atoms with Crippen molar-refractivity contribution in [2.24, 2.45) is 23.2 Å². The average molecular weight is 373 g/mol. The number of allylic oxidation sites excluding steroid dienone is 12. The van der Waals surface area contributed by atoms with Crippen molar-refractivity contribution in [3.8, 4) is 0 Å². The molecule has 1 saturated carbocycles. The summed E-state index contributed by atoms with van der Waals surface area (Å²) in [6.07, 6.45) is 26.1. The molecule has 1 fully saturated rings. The quantitative estimate of drug-likeness (QED) is 0.438. The summed E-state index contributed by atoms with van der Waals surface area (Å²) < 4.78 is 0. The lowest BCUT2D eigenvalue weighted by Crippen LogP contribution is -2.32. The second kappa shape index (κ2) is 7.90. The van der Waals surface area contributed by atoms with Gasteiger partial charge in [-0.3, -0.25) is 0 Å². The Bertz CT molecular complexity index is 809. The van der Waals surface area contributed by atoms with E-state index in [1.807, 2.05) is 0 Å². The van der Waals surface area contributed by atoms with E-state index in [4.69, 9.17) is 0 Å². The highest BCUT2D eigenvalue weighted by Gasteiger charge is 2.46. The van der Waals surface area contributed by atoms with E-state index in [9.17, 15) is 0 Å². The molecule has 0 spiro atoms. The minimum absolute atomic E-state index is 0.195. The van der Waals surface area contributed by atoms with Gasteiger partial charge >= 0.3 is 0 Å². The molecule has 4 rings (SSSR count). The van der Waals surface area contributed by atoms with Crippen LogP contribution in [0.2, 0.25) is 0 Å². The van der Waals surface area contributed by atoms with Crippen molar-refractivity contribution >= 4 is 0 Å². The lowest BCUT2D eigenvalue weighted by atomic mass is 9.63. The summed E-state index contributed by atoms with van der Waals surface area (Å²) in [6.45, 7) is 13.8. The van der Waals surface area contributed by atoms with Crippen LogP contribution in [0.25, 0.3) is 0 Å². The Morgan fingerprint density at radius 3 is 2.86 bits per heavy atom. The molecule has 4 aliphatic carbocycles. The molecule has 0 aromatic carbocycles. The summed E-state index contributed by atoms with van der Waals surface area (Å²) in [6, 6.07) is 0. The Morgan fingerprint density at radius 1 is 1.14 bits per heavy atom. The van der Waals surface area contributed by atoms with Gasteiger partial charge in [0.25, 0.3) is 0 Å². The fourth-order valence-corrected chi connectivity index (χ4v) is 6.06. The van der Waals surface area contributed by atoms with Gasteiger partial charge in [0, 0.05) is 0 Å². The predicted molar refractivity (Wildman–Crippen MR) is 122 cm³/mol. The van der Waals surface area contributed by atoms with E-state index in [0.717, 1.165) is 18.3 Å². The van der Waals surface area contributed by atoms with Crippen LogP contribution >= 0.6 is 0 Å². The van der Waals surface area contributed by atoms with E-state index in [-0.39, 0.29) is 5.41 Å². The normalized spacial score (nSPS) is 35.0. The first kappa shape index (κ1) is 19.5. The Kier molecular flexibility index (Phi) is 5.50. The van der Waals surface area contributed by atoms with Gasteiger partial charge in [-0.1, -0.05) is 80.7 Å². The van der Waals surface area contributed by atoms with Crippen molar-refractivity contribution in [2.45, 2.75) is 65.2 Å². The highest BCUT2D eigenvalue weighted by molar-refractivity contribution is 5.44. The number of hydrogen-bond donors (Lipinski definition) is 0. The van der Waals surface area contributed by atoms with Crippen LogP contribution in [-0.2, 0) is 0 Å². The van der Waals surface area contributed by atoms with Crippen LogP contribution in [-0.4, -0.2) is 0 Å². The summed E-state index contributed by atoms with van der Waals surface area (Å²) >= 11 is 0. The molecule has 0 nitrogen and oxygen atoms in total. The first-order valence-corrected chi connectivity index (χ1v) is 11.3. The van der Waals surface area contributed by atoms with Crippen molar-refractivity contribution in [2.75, 3.05) is 0 Å². The summed E-state index contributed by atoms with van der Waals surface area (Å²) in [5, 5.41) is 0. The maximum atomic E-state index is 4.55. The molecule has 4 unspecified atom stereocenters. The van der Waals surface area contributed by atoms with Crippen molar-refractivity contribution < 1.29 is 0 Å². The summed E-state index contributed by atoms with van der Waals surface area (Å²) in [5.41, 5.74) is 7.64. The van der Waals surface area contributed by atoms with Gasteiger partial charge in [-0.2, -0.15) is 0 Å². The van der Waals surface area contributed by atoms with Gasteiger partial charge in [-0.05, 0) is 91.3 Å². The molecule has 0 saturated heterocycles. The molecule has 4 aliphatic rings. The predicted octanol–water partition coefficient (Wildman–Crippen LogP) is 8.04. The third kappa shape index (κ3) is 3.71. The monoisotopic (exact) mass is 372 g/mol. The van der Waals surface area contributed by atoms with Gasteiger partial charge < -0.3 is 0 Å². The van der Waals surface area contributed by atoms with E-state index in [1.165, 1.54) is 61.7 Å². The number of rotatable bonds is 4. The lowest BCUT2D eigenvalue weighted by molar-refractivity contribution is 0.169. The van der Waals surface area contributed by atoms with Crippen molar-refractivity contribution in [1.82, 2.24) is 0 Å². The highest BCUT2D eigenvalue weighted by atomic mass is 14.5. The zero-order chi connectivity index (χ0) is 19.7. The molecule has 0 N–H and O–H groups in total. The molecule has 28 heavy (non-hydrogen) atoms. The van der Waals surface area contributed by atoms with Crippen molar-refractivity contribution in [3.63, 3.8) is 0 Å². The van der Waals surface area contributed by atoms with E-state index in [0.29, 0.717) is 5.92 Å². The Morgan fingerprint density at radius 2 is 2.00 bits per heavy atom. The molecular formula is C28H36. The molecule has 0 aliphatic heterocycles. The molecule has 0 amide bonds. The largest absolute Gasteiger partial charge is 0.0993 e. The molecule has 0 aromatic heterocycles. The third-order valence-corrected chi connectivity index (χ3v) is 7.89. The summed E-state index contributed by atoms with van der Waals surface area (Å²) in [5.74, 6) is 2.07. The summed E-state index contributed by atoms with van der Waals surface area (Å²) in [4.78, 5) is 0. The van der Waals surface area contributed by atoms with Gasteiger partial charge in [-0.15, -0.1) is 0 Å². The second-order valence-electron chi connectivity index (χ2n) is 9.74. The maximum absolute atomic E-state index is 4.55. The van der Waals surface area contributed by atoms with Crippen molar-refractivity contribution in [3.05, 3.63) is 83.6 Å². The van der Waals surface area contributed by atoms with Crippen LogP contribution in [0.1, 0.15) is 65.2 Å². The first-order valence-electron chi connectivity index (χ1n) is 11.3. The Labute approximate surface area is 172 Å². The fraction of sp³-hybridized carbons (Fsp3) is 0.500. The average Bonchev–Trinajstić information content (AvgIpc) is 2.84. The minimum atomic E-state index is 0.195. The molecule has 0 aromatic rings. The molecule has 0 bridgehead atoms. The molecular weight excluding hydrogens is 336 g/mol. The van der Waals surface area contributed by atoms with Crippen LogP contribution in [0, 0.1) is 23.2 Å². The van der Waals surface area contributed by atoms with Crippen LogP contribution < -0.4 is 0 Å².